The van der Waals surface area contributed by atoms with E-state index in [0.29, 0.717) is 21.7 Å². The number of hydrogen-bond donors (Lipinski definition) is 1. The molecule has 24 heavy (non-hydrogen) atoms. The number of hydrogen-bond acceptors (Lipinski definition) is 3. The fourth-order valence-electron chi connectivity index (χ4n) is 2.92. The maximum atomic E-state index is 12.5. The maximum Gasteiger partial charge on any atom is 0.272 e. The van der Waals surface area contributed by atoms with Gasteiger partial charge in [0.1, 0.15) is 5.69 Å². The van der Waals surface area contributed by atoms with Crippen molar-refractivity contribution in [2.24, 2.45) is 5.92 Å². The Balaban J connectivity index is 1.69. The van der Waals surface area contributed by atoms with Crippen molar-refractivity contribution in [3.8, 4) is 0 Å². The Kier molecular flexibility index (Phi) is 5.27. The van der Waals surface area contributed by atoms with Gasteiger partial charge in [0.15, 0.2) is 0 Å². The number of nitrogens with zero attached hydrogens (tertiary/aromatic N) is 2. The number of halogens is 2. The molecule has 1 unspecified atom stereocenters. The van der Waals surface area contributed by atoms with Gasteiger partial charge in [0.2, 0.25) is 0 Å². The number of anilines is 2. The van der Waals surface area contributed by atoms with Gasteiger partial charge in [0.05, 0.1) is 11.9 Å². The molecule has 2 heterocycles. The zero-order chi connectivity index (χ0) is 17.1. The summed E-state index contributed by atoms with van der Waals surface area (Å²) in [5.74, 6) is 0.551. The van der Waals surface area contributed by atoms with Crippen LogP contribution < -0.4 is 5.32 Å². The Labute approximate surface area is 151 Å². The van der Waals surface area contributed by atoms with Crippen molar-refractivity contribution in [1.29, 1.82) is 0 Å². The first-order valence-electron chi connectivity index (χ1n) is 8.00. The Morgan fingerprint density at radius 1 is 1.21 bits per heavy atom. The molecule has 1 saturated heterocycles. The molecule has 0 aliphatic carbocycles. The molecule has 4 nitrogen and oxygen atoms in total. The van der Waals surface area contributed by atoms with Crippen LogP contribution in [-0.2, 0) is 0 Å². The van der Waals surface area contributed by atoms with E-state index in [4.69, 9.17) is 23.2 Å². The lowest BCUT2D eigenvalue weighted by molar-refractivity contribution is 0.0677. The monoisotopic (exact) mass is 363 g/mol. The number of carbonyl (C=O) groups is 1. The van der Waals surface area contributed by atoms with Gasteiger partial charge in [-0.25, -0.2) is 4.98 Å². The first-order valence-corrected chi connectivity index (χ1v) is 8.75. The summed E-state index contributed by atoms with van der Waals surface area (Å²) < 4.78 is 0. The second kappa shape index (κ2) is 7.41. The highest BCUT2D eigenvalue weighted by Gasteiger charge is 2.22. The van der Waals surface area contributed by atoms with Crippen LogP contribution in [0, 0.1) is 5.92 Å². The first-order chi connectivity index (χ1) is 11.5. The second-order valence-electron chi connectivity index (χ2n) is 6.21. The van der Waals surface area contributed by atoms with Crippen LogP contribution in [0.1, 0.15) is 30.3 Å². The van der Waals surface area contributed by atoms with E-state index in [0.717, 1.165) is 30.9 Å². The van der Waals surface area contributed by atoms with Crippen molar-refractivity contribution in [2.45, 2.75) is 19.8 Å². The molecule has 0 saturated carbocycles. The minimum atomic E-state index is -0.00102. The molecule has 3 rings (SSSR count). The van der Waals surface area contributed by atoms with E-state index in [9.17, 15) is 4.79 Å². The minimum absolute atomic E-state index is 0.00102. The molecule has 6 heteroatoms. The molecule has 2 aromatic rings. The zero-order valence-corrected chi connectivity index (χ0v) is 14.9. The van der Waals surface area contributed by atoms with E-state index in [2.05, 4.69) is 17.2 Å². The van der Waals surface area contributed by atoms with Crippen molar-refractivity contribution in [3.05, 3.63) is 52.3 Å². The van der Waals surface area contributed by atoms with Gasteiger partial charge in [-0.1, -0.05) is 30.1 Å². The average Bonchev–Trinajstić information content (AvgIpc) is 2.54. The standard InChI is InChI=1S/C18H19Cl2N3O/c1-12-3-2-6-23(11-12)18(24)17-5-4-15(10-21-17)22-16-8-13(19)7-14(20)9-16/h4-5,7-10,12,22H,2-3,6,11H2,1H3. The Bertz CT molecular complexity index is 713. The molecule has 1 aliphatic rings. The van der Waals surface area contributed by atoms with Crippen LogP contribution in [-0.4, -0.2) is 28.9 Å². The molecule has 1 aromatic carbocycles. The van der Waals surface area contributed by atoms with Crippen LogP contribution in [0.25, 0.3) is 0 Å². The lowest BCUT2D eigenvalue weighted by Crippen LogP contribution is -2.39. The number of amides is 1. The highest BCUT2D eigenvalue weighted by atomic mass is 35.5. The van der Waals surface area contributed by atoms with Gasteiger partial charge in [0.25, 0.3) is 5.91 Å². The molecule has 1 aliphatic heterocycles. The summed E-state index contributed by atoms with van der Waals surface area (Å²) in [6, 6.07) is 8.82. The highest BCUT2D eigenvalue weighted by Crippen LogP contribution is 2.25. The van der Waals surface area contributed by atoms with Crippen LogP contribution in [0.5, 0.6) is 0 Å². The molecular formula is C18H19Cl2N3O. The van der Waals surface area contributed by atoms with E-state index < -0.39 is 0 Å². The Morgan fingerprint density at radius 3 is 2.58 bits per heavy atom. The van der Waals surface area contributed by atoms with Crippen LogP contribution in [0.3, 0.4) is 0 Å². The zero-order valence-electron chi connectivity index (χ0n) is 13.4. The normalized spacial score (nSPS) is 17.6. The Morgan fingerprint density at radius 2 is 1.96 bits per heavy atom. The first kappa shape index (κ1) is 17.1. The third-order valence-corrected chi connectivity index (χ3v) is 4.51. The minimum Gasteiger partial charge on any atom is -0.354 e. The van der Waals surface area contributed by atoms with Crippen molar-refractivity contribution in [3.63, 3.8) is 0 Å². The smallest absolute Gasteiger partial charge is 0.272 e. The molecule has 0 bridgehead atoms. The molecule has 126 valence electrons. The summed E-state index contributed by atoms with van der Waals surface area (Å²) in [5.41, 5.74) is 2.02. The molecule has 1 N–H and O–H groups in total. The van der Waals surface area contributed by atoms with Crippen molar-refractivity contribution >= 4 is 40.5 Å². The van der Waals surface area contributed by atoms with E-state index in [-0.39, 0.29) is 5.91 Å². The fourth-order valence-corrected chi connectivity index (χ4v) is 3.45. The van der Waals surface area contributed by atoms with Gasteiger partial charge in [0, 0.05) is 28.8 Å². The molecule has 1 aromatic heterocycles. The summed E-state index contributed by atoms with van der Waals surface area (Å²) in [6.45, 7) is 3.80. The quantitative estimate of drug-likeness (QED) is 0.833. The predicted octanol–water partition coefficient (Wildman–Crippen LogP) is 5.00. The lowest BCUT2D eigenvalue weighted by Gasteiger charge is -2.30. The van der Waals surface area contributed by atoms with Crippen molar-refractivity contribution < 1.29 is 4.79 Å². The van der Waals surface area contributed by atoms with E-state index >= 15 is 0 Å². The van der Waals surface area contributed by atoms with Gasteiger partial charge in [-0.05, 0) is 49.1 Å². The highest BCUT2D eigenvalue weighted by molar-refractivity contribution is 6.35. The number of benzene rings is 1. The lowest BCUT2D eigenvalue weighted by atomic mass is 10.00. The number of carbonyl (C=O) groups excluding carboxylic acids is 1. The number of likely N-dealkylation sites (tertiary alicyclic amines) is 1. The van der Waals surface area contributed by atoms with Crippen molar-refractivity contribution in [2.75, 3.05) is 18.4 Å². The van der Waals surface area contributed by atoms with Gasteiger partial charge in [-0.15, -0.1) is 0 Å². The summed E-state index contributed by atoms with van der Waals surface area (Å²) >= 11 is 12.0. The van der Waals surface area contributed by atoms with Gasteiger partial charge < -0.3 is 10.2 Å². The number of aromatic nitrogens is 1. The topological polar surface area (TPSA) is 45.2 Å². The molecule has 1 fully saturated rings. The van der Waals surface area contributed by atoms with E-state index in [1.165, 1.54) is 6.42 Å². The van der Waals surface area contributed by atoms with Gasteiger partial charge in [-0.3, -0.25) is 4.79 Å². The van der Waals surface area contributed by atoms with Gasteiger partial charge in [-0.2, -0.15) is 0 Å². The average molecular weight is 364 g/mol. The van der Waals surface area contributed by atoms with Crippen molar-refractivity contribution in [1.82, 2.24) is 9.88 Å². The number of rotatable bonds is 3. The van der Waals surface area contributed by atoms with Crippen LogP contribution >= 0.6 is 23.2 Å². The van der Waals surface area contributed by atoms with E-state index in [1.54, 1.807) is 30.5 Å². The molecular weight excluding hydrogens is 345 g/mol. The number of nitrogens with one attached hydrogen (secondary N) is 1. The van der Waals surface area contributed by atoms with Crippen LogP contribution in [0.4, 0.5) is 11.4 Å². The molecule has 0 radical (unpaired) electrons. The predicted molar refractivity (Wildman–Crippen MR) is 98.3 cm³/mol. The van der Waals surface area contributed by atoms with Crippen LogP contribution in [0.15, 0.2) is 36.5 Å². The SMILES string of the molecule is CC1CCCN(C(=O)c2ccc(Nc3cc(Cl)cc(Cl)c3)cn2)C1. The number of piperidine rings is 1. The largest absolute Gasteiger partial charge is 0.354 e. The third-order valence-electron chi connectivity index (χ3n) is 4.08. The fraction of sp³-hybridized carbons (Fsp3) is 0.333. The Hall–Kier alpha value is -1.78. The molecule has 0 spiro atoms. The summed E-state index contributed by atoms with van der Waals surface area (Å²) in [7, 11) is 0. The molecule has 1 amide bonds. The maximum absolute atomic E-state index is 12.5. The summed E-state index contributed by atoms with van der Waals surface area (Å²) in [5, 5.41) is 4.30. The van der Waals surface area contributed by atoms with Crippen LogP contribution in [0.2, 0.25) is 10.0 Å². The molecule has 1 atom stereocenters. The van der Waals surface area contributed by atoms with Gasteiger partial charge >= 0.3 is 0 Å². The van der Waals surface area contributed by atoms with E-state index in [1.807, 2.05) is 11.0 Å². The summed E-state index contributed by atoms with van der Waals surface area (Å²) in [4.78, 5) is 18.7. The third kappa shape index (κ3) is 4.19. The number of pyridine rings is 1. The second-order valence-corrected chi connectivity index (χ2v) is 7.09. The summed E-state index contributed by atoms with van der Waals surface area (Å²) in [6.07, 6.45) is 3.89.